The summed E-state index contributed by atoms with van der Waals surface area (Å²) in [5, 5.41) is -0.0150. The van der Waals surface area contributed by atoms with Gasteiger partial charge in [-0.1, -0.05) is 12.1 Å². The lowest BCUT2D eigenvalue weighted by atomic mass is 9.90. The van der Waals surface area contributed by atoms with Gasteiger partial charge in [-0.05, 0) is 54.2 Å². The molecule has 1 aromatic carbocycles. The number of hydrogen-bond donors (Lipinski definition) is 0. The van der Waals surface area contributed by atoms with Gasteiger partial charge in [-0.25, -0.2) is 0 Å². The van der Waals surface area contributed by atoms with Gasteiger partial charge in [0, 0.05) is 12.6 Å². The molecule has 110 valence electrons. The van der Waals surface area contributed by atoms with Crippen molar-refractivity contribution in [3.63, 3.8) is 0 Å². The number of alkyl halides is 1. The van der Waals surface area contributed by atoms with Gasteiger partial charge >= 0.3 is 0 Å². The van der Waals surface area contributed by atoms with Crippen LogP contribution in [0.2, 0.25) is 0 Å². The highest BCUT2D eigenvalue weighted by Crippen LogP contribution is 2.58. The molecule has 0 spiro atoms. The highest BCUT2D eigenvalue weighted by molar-refractivity contribution is 6.21. The molecule has 3 unspecified atom stereocenters. The van der Waals surface area contributed by atoms with Gasteiger partial charge in [0.1, 0.15) is 0 Å². The van der Waals surface area contributed by atoms with E-state index in [-0.39, 0.29) is 17.2 Å². The van der Waals surface area contributed by atoms with Crippen molar-refractivity contribution in [2.24, 2.45) is 17.8 Å². The minimum absolute atomic E-state index is 0.0150. The monoisotopic (exact) mass is 303 g/mol. The topological polar surface area (TPSA) is 37.4 Å². The Morgan fingerprint density at radius 1 is 1.19 bits per heavy atom. The average Bonchev–Trinajstić information content (AvgIpc) is 3.10. The largest absolute Gasteiger partial charge is 0.281 e. The quantitative estimate of drug-likeness (QED) is 0.621. The van der Waals surface area contributed by atoms with Crippen LogP contribution in [0.15, 0.2) is 18.2 Å². The number of carbonyl (C=O) groups is 2. The van der Waals surface area contributed by atoms with Crippen molar-refractivity contribution in [3.8, 4) is 0 Å². The van der Waals surface area contributed by atoms with Crippen LogP contribution in [0.3, 0.4) is 0 Å². The second-order valence-electron chi connectivity index (χ2n) is 6.74. The molecule has 2 amide bonds. The first-order valence-electron chi connectivity index (χ1n) is 7.62. The number of halogens is 1. The Labute approximate surface area is 129 Å². The molecule has 1 heterocycles. The maximum Gasteiger partial charge on any atom is 0.260 e. The van der Waals surface area contributed by atoms with Crippen molar-refractivity contribution in [1.29, 1.82) is 0 Å². The highest BCUT2D eigenvalue weighted by Gasteiger charge is 2.47. The Hall–Kier alpha value is -1.35. The van der Waals surface area contributed by atoms with Gasteiger partial charge in [-0.3, -0.25) is 14.5 Å². The Kier molecular flexibility index (Phi) is 2.90. The van der Waals surface area contributed by atoms with Crippen molar-refractivity contribution >= 4 is 23.4 Å². The fourth-order valence-electron chi connectivity index (χ4n) is 3.97. The molecule has 0 aromatic heterocycles. The lowest BCUT2D eigenvalue weighted by Gasteiger charge is -2.25. The first kappa shape index (κ1) is 13.3. The molecule has 2 aliphatic carbocycles. The van der Waals surface area contributed by atoms with E-state index >= 15 is 0 Å². The summed E-state index contributed by atoms with van der Waals surface area (Å²) < 4.78 is 0. The van der Waals surface area contributed by atoms with Gasteiger partial charge < -0.3 is 0 Å². The van der Waals surface area contributed by atoms with E-state index in [2.05, 4.69) is 0 Å². The number of nitrogens with zero attached hydrogens (tertiary/aromatic N) is 1. The molecule has 0 N–H and O–H groups in total. The second-order valence-corrected chi connectivity index (χ2v) is 7.21. The molecule has 21 heavy (non-hydrogen) atoms. The van der Waals surface area contributed by atoms with Crippen LogP contribution in [0.4, 0.5) is 0 Å². The molecule has 1 aromatic rings. The standard InChI is InChI=1S/C17H18ClNO2/c1-19-15(20)8-9-2-3-10(7-14(9)17(19)21)16(18)13-5-11-4-12(11)6-13/h2-3,7,11-13,16H,4-6,8H2,1H3. The third kappa shape index (κ3) is 2.10. The van der Waals surface area contributed by atoms with E-state index in [1.807, 2.05) is 18.2 Å². The second kappa shape index (κ2) is 4.57. The third-order valence-electron chi connectivity index (χ3n) is 5.40. The molecule has 3 nitrogen and oxygen atoms in total. The molecule has 0 saturated heterocycles. The maximum atomic E-state index is 12.2. The van der Waals surface area contributed by atoms with Crippen LogP contribution in [-0.2, 0) is 11.2 Å². The van der Waals surface area contributed by atoms with Gasteiger partial charge in [0.15, 0.2) is 0 Å². The SMILES string of the molecule is CN1C(=O)Cc2ccc(C(Cl)C3CC4CC4C3)cc2C1=O. The summed E-state index contributed by atoms with van der Waals surface area (Å²) in [7, 11) is 1.54. The van der Waals surface area contributed by atoms with E-state index in [1.165, 1.54) is 24.2 Å². The van der Waals surface area contributed by atoms with Gasteiger partial charge in [0.2, 0.25) is 5.91 Å². The van der Waals surface area contributed by atoms with Crippen LogP contribution in [-0.4, -0.2) is 23.8 Å². The molecular weight excluding hydrogens is 286 g/mol. The van der Waals surface area contributed by atoms with E-state index in [4.69, 9.17) is 11.6 Å². The highest BCUT2D eigenvalue weighted by atomic mass is 35.5. The molecule has 1 aliphatic heterocycles. The van der Waals surface area contributed by atoms with Crippen molar-refractivity contribution < 1.29 is 9.59 Å². The summed E-state index contributed by atoms with van der Waals surface area (Å²) >= 11 is 6.66. The molecule has 3 aliphatic rings. The summed E-state index contributed by atoms with van der Waals surface area (Å²) in [5.74, 6) is 1.99. The molecule has 0 bridgehead atoms. The minimum atomic E-state index is -0.207. The number of amides is 2. The minimum Gasteiger partial charge on any atom is -0.281 e. The predicted octanol–water partition coefficient (Wildman–Crippen LogP) is 3.17. The van der Waals surface area contributed by atoms with Crippen molar-refractivity contribution in [2.45, 2.75) is 31.1 Å². The van der Waals surface area contributed by atoms with E-state index in [0.29, 0.717) is 17.9 Å². The molecule has 4 rings (SSSR count). The van der Waals surface area contributed by atoms with Crippen LogP contribution >= 0.6 is 11.6 Å². The van der Waals surface area contributed by atoms with Gasteiger partial charge in [-0.15, -0.1) is 11.6 Å². The van der Waals surface area contributed by atoms with Crippen molar-refractivity contribution in [2.75, 3.05) is 7.05 Å². The summed E-state index contributed by atoms with van der Waals surface area (Å²) in [5.41, 5.74) is 2.49. The zero-order chi connectivity index (χ0) is 14.7. The Morgan fingerprint density at radius 3 is 2.62 bits per heavy atom. The van der Waals surface area contributed by atoms with Gasteiger partial charge in [-0.2, -0.15) is 0 Å². The van der Waals surface area contributed by atoms with E-state index < -0.39 is 0 Å². The summed E-state index contributed by atoms with van der Waals surface area (Å²) in [6.45, 7) is 0. The summed E-state index contributed by atoms with van der Waals surface area (Å²) in [4.78, 5) is 25.2. The van der Waals surface area contributed by atoms with E-state index in [1.54, 1.807) is 7.05 Å². The number of fused-ring (bicyclic) bond motifs is 2. The lowest BCUT2D eigenvalue weighted by Crippen LogP contribution is -2.39. The number of likely N-dealkylation sites (N-methyl/N-ethyl adjacent to an activating group) is 1. The Bertz CT molecular complexity index is 632. The third-order valence-corrected chi connectivity index (χ3v) is 6.01. The fraction of sp³-hybridized carbons (Fsp3) is 0.529. The number of benzene rings is 1. The first-order chi connectivity index (χ1) is 10.0. The molecular formula is C17H18ClNO2. The normalized spacial score (nSPS) is 31.9. The number of hydrogen-bond acceptors (Lipinski definition) is 2. The maximum absolute atomic E-state index is 12.2. The lowest BCUT2D eigenvalue weighted by molar-refractivity contribution is -0.127. The van der Waals surface area contributed by atoms with Crippen LogP contribution < -0.4 is 0 Å². The van der Waals surface area contributed by atoms with Crippen molar-refractivity contribution in [1.82, 2.24) is 4.90 Å². The number of rotatable bonds is 2. The number of carbonyl (C=O) groups excluding carboxylic acids is 2. The predicted molar refractivity (Wildman–Crippen MR) is 80.2 cm³/mol. The Balaban J connectivity index is 1.63. The van der Waals surface area contributed by atoms with Crippen LogP contribution in [0.25, 0.3) is 0 Å². The van der Waals surface area contributed by atoms with E-state index in [0.717, 1.165) is 23.0 Å². The fourth-order valence-corrected chi connectivity index (χ4v) is 4.31. The van der Waals surface area contributed by atoms with Crippen LogP contribution in [0.1, 0.15) is 46.1 Å². The zero-order valence-corrected chi connectivity index (χ0v) is 12.8. The summed E-state index contributed by atoms with van der Waals surface area (Å²) in [6.07, 6.45) is 4.14. The average molecular weight is 304 g/mol. The molecule has 4 heteroatoms. The van der Waals surface area contributed by atoms with Crippen LogP contribution in [0, 0.1) is 17.8 Å². The zero-order valence-electron chi connectivity index (χ0n) is 12.0. The van der Waals surface area contributed by atoms with Gasteiger partial charge in [0.25, 0.3) is 5.91 Å². The summed E-state index contributed by atoms with van der Waals surface area (Å²) in [6, 6.07) is 5.80. The molecule has 0 radical (unpaired) electrons. The molecule has 3 atom stereocenters. The van der Waals surface area contributed by atoms with E-state index in [9.17, 15) is 9.59 Å². The van der Waals surface area contributed by atoms with Crippen molar-refractivity contribution in [3.05, 3.63) is 34.9 Å². The smallest absolute Gasteiger partial charge is 0.260 e. The molecule has 2 saturated carbocycles. The Morgan fingerprint density at radius 2 is 1.90 bits per heavy atom. The number of imide groups is 1. The first-order valence-corrected chi connectivity index (χ1v) is 8.06. The molecule has 2 fully saturated rings. The van der Waals surface area contributed by atoms with Crippen LogP contribution in [0.5, 0.6) is 0 Å². The van der Waals surface area contributed by atoms with Gasteiger partial charge in [0.05, 0.1) is 11.8 Å².